The number of hydrogen-bond donors (Lipinski definition) is 17. The Morgan fingerprint density at radius 2 is 0.881 bits per heavy atom. The van der Waals surface area contributed by atoms with Crippen molar-refractivity contribution in [1.82, 2.24) is 5.32 Å². The minimum Gasteiger partial charge on any atom is -0.394 e. The highest BCUT2D eigenvalue weighted by molar-refractivity contribution is 5.73. The zero-order chi connectivity index (χ0) is 43.6. The fourth-order valence-corrected chi connectivity index (χ4v) is 7.30. The zero-order valence-corrected chi connectivity index (χ0v) is 31.2. The van der Waals surface area contributed by atoms with E-state index in [1.165, 1.54) is 0 Å². The number of aliphatic hydroxyl groups excluding tert-OH is 16. The Kier molecular flexibility index (Phi) is 17.1. The lowest BCUT2D eigenvalue weighted by Gasteiger charge is -2.49. The van der Waals surface area contributed by atoms with Crippen LogP contribution in [-0.4, -0.2) is 274 Å². The summed E-state index contributed by atoms with van der Waals surface area (Å²) in [5.41, 5.74) is 0. The van der Waals surface area contributed by atoms with Gasteiger partial charge in [-0.2, -0.15) is 0 Å². The lowest BCUT2D eigenvalue weighted by molar-refractivity contribution is -0.396. The summed E-state index contributed by atoms with van der Waals surface area (Å²) in [6.07, 6.45) is -45.2. The highest BCUT2D eigenvalue weighted by Gasteiger charge is 2.56. The predicted octanol–water partition coefficient (Wildman–Crippen LogP) is -11.8. The van der Waals surface area contributed by atoms with Gasteiger partial charge in [0.2, 0.25) is 5.91 Å². The molecule has 59 heavy (non-hydrogen) atoms. The third kappa shape index (κ3) is 10.3. The number of amides is 1. The van der Waals surface area contributed by atoms with Crippen LogP contribution in [0.5, 0.6) is 0 Å². The van der Waals surface area contributed by atoms with Crippen LogP contribution in [0.15, 0.2) is 0 Å². The molecule has 5 aliphatic heterocycles. The Bertz CT molecular complexity index is 1320. The van der Waals surface area contributed by atoms with Gasteiger partial charge in [-0.25, -0.2) is 0 Å². The van der Waals surface area contributed by atoms with Gasteiger partial charge in [0, 0.05) is 6.92 Å². The number of carbonyl (C=O) groups is 1. The second kappa shape index (κ2) is 20.8. The normalized spacial score (nSPS) is 51.0. The molecule has 0 aromatic heterocycles. The maximum Gasteiger partial charge on any atom is 0.217 e. The molecule has 5 aliphatic rings. The van der Waals surface area contributed by atoms with Crippen LogP contribution in [-0.2, 0) is 47.4 Å². The van der Waals surface area contributed by atoms with Crippen molar-refractivity contribution in [1.29, 1.82) is 0 Å². The van der Waals surface area contributed by atoms with Crippen molar-refractivity contribution in [2.75, 3.05) is 33.0 Å². The molecular weight excluding hydrogens is 814 g/mol. The third-order valence-corrected chi connectivity index (χ3v) is 10.7. The van der Waals surface area contributed by atoms with Crippen LogP contribution in [0.3, 0.4) is 0 Å². The molecule has 1 amide bonds. The van der Waals surface area contributed by atoms with Gasteiger partial charge in [-0.1, -0.05) is 0 Å². The van der Waals surface area contributed by atoms with Crippen LogP contribution in [0.1, 0.15) is 6.92 Å². The molecule has 25 atom stereocenters. The summed E-state index contributed by atoms with van der Waals surface area (Å²) in [5, 5.41) is 170. The molecule has 17 N–H and O–H groups in total. The molecular formula is C32H55NO26. The first-order valence-electron chi connectivity index (χ1n) is 18.6. The molecule has 0 aromatic rings. The lowest BCUT2D eigenvalue weighted by atomic mass is 9.95. The summed E-state index contributed by atoms with van der Waals surface area (Å²) in [6, 6.07) is -1.57. The zero-order valence-electron chi connectivity index (χ0n) is 31.2. The van der Waals surface area contributed by atoms with Gasteiger partial charge in [-0.05, 0) is 0 Å². The number of carbonyl (C=O) groups excluding carboxylic acids is 1. The van der Waals surface area contributed by atoms with Crippen LogP contribution in [0.25, 0.3) is 0 Å². The maximum atomic E-state index is 11.8. The number of aliphatic hydroxyl groups is 16. The Labute approximate surface area is 333 Å². The molecule has 344 valence electrons. The average Bonchev–Trinajstić information content (AvgIpc) is 3.21. The van der Waals surface area contributed by atoms with Crippen LogP contribution in [0.4, 0.5) is 0 Å². The third-order valence-electron chi connectivity index (χ3n) is 10.7. The lowest BCUT2D eigenvalue weighted by Crippen LogP contribution is -2.69. The molecule has 0 saturated carbocycles. The molecule has 5 heterocycles. The molecule has 5 saturated heterocycles. The van der Waals surface area contributed by atoms with Crippen molar-refractivity contribution < 1.29 is 129 Å². The van der Waals surface area contributed by atoms with Gasteiger partial charge in [-0.15, -0.1) is 0 Å². The Balaban J connectivity index is 1.45. The van der Waals surface area contributed by atoms with Crippen LogP contribution in [0.2, 0.25) is 0 Å². The summed E-state index contributed by atoms with van der Waals surface area (Å²) >= 11 is 0. The average molecular weight is 870 g/mol. The van der Waals surface area contributed by atoms with Crippen molar-refractivity contribution in [3.8, 4) is 0 Å². The van der Waals surface area contributed by atoms with Crippen molar-refractivity contribution in [3.63, 3.8) is 0 Å². The number of hydrogen-bond acceptors (Lipinski definition) is 26. The summed E-state index contributed by atoms with van der Waals surface area (Å²) in [4.78, 5) is 11.8. The SMILES string of the molecule is CC(=O)NC1C(O)OC(CO)[C@@H](O[C@@H]2OC(CO[C@@H]3OC(CO)[C@@H](O)[C@H](O)C3O)[C@@H](O)[C@H](O[C@H]3O[C@@H](CO)[C@@H](O)C(O)C3O[C@H]3O[C@@H](CO)[C@@H](O)C(O)C3O)C2O)[C@@H]1O. The number of ether oxygens (including phenoxy) is 9. The van der Waals surface area contributed by atoms with E-state index >= 15 is 0 Å². The molecule has 11 unspecified atom stereocenters. The summed E-state index contributed by atoms with van der Waals surface area (Å²) in [7, 11) is 0. The fourth-order valence-electron chi connectivity index (χ4n) is 7.30. The topological polar surface area (TPSA) is 436 Å². The van der Waals surface area contributed by atoms with E-state index in [9.17, 15) is 86.5 Å². The number of nitrogens with one attached hydrogen (secondary N) is 1. The summed E-state index contributed by atoms with van der Waals surface area (Å²) in [6.45, 7) is -3.40. The highest BCUT2D eigenvalue weighted by Crippen LogP contribution is 2.35. The second-order valence-corrected chi connectivity index (χ2v) is 14.7. The van der Waals surface area contributed by atoms with Gasteiger partial charge >= 0.3 is 0 Å². The monoisotopic (exact) mass is 869 g/mol. The molecule has 0 radical (unpaired) electrons. The maximum absolute atomic E-state index is 11.8. The van der Waals surface area contributed by atoms with E-state index in [1.807, 2.05) is 0 Å². The van der Waals surface area contributed by atoms with E-state index in [2.05, 4.69) is 5.32 Å². The van der Waals surface area contributed by atoms with Gasteiger partial charge < -0.3 is 130 Å². The van der Waals surface area contributed by atoms with Crippen LogP contribution in [0, 0.1) is 0 Å². The Morgan fingerprint density at radius 3 is 1.42 bits per heavy atom. The van der Waals surface area contributed by atoms with Crippen molar-refractivity contribution >= 4 is 5.91 Å². The second-order valence-electron chi connectivity index (χ2n) is 14.7. The van der Waals surface area contributed by atoms with Gasteiger partial charge in [0.25, 0.3) is 0 Å². The van der Waals surface area contributed by atoms with E-state index in [4.69, 9.17) is 42.6 Å². The minimum absolute atomic E-state index is 0.727. The van der Waals surface area contributed by atoms with E-state index < -0.39 is 192 Å². The van der Waals surface area contributed by atoms with Gasteiger partial charge in [0.15, 0.2) is 31.5 Å². The first-order chi connectivity index (χ1) is 27.9. The predicted molar refractivity (Wildman–Crippen MR) is 178 cm³/mol. The largest absolute Gasteiger partial charge is 0.394 e. The first kappa shape index (κ1) is 48.5. The van der Waals surface area contributed by atoms with E-state index in [1.54, 1.807) is 0 Å². The fraction of sp³-hybridized carbons (Fsp3) is 0.969. The van der Waals surface area contributed by atoms with Gasteiger partial charge in [0.1, 0.15) is 122 Å². The van der Waals surface area contributed by atoms with Crippen LogP contribution >= 0.6 is 0 Å². The Morgan fingerprint density at radius 1 is 0.441 bits per heavy atom. The van der Waals surface area contributed by atoms with Crippen molar-refractivity contribution in [2.24, 2.45) is 0 Å². The summed E-state index contributed by atoms with van der Waals surface area (Å²) < 4.78 is 50.4. The minimum atomic E-state index is -2.21. The van der Waals surface area contributed by atoms with Crippen molar-refractivity contribution in [2.45, 2.75) is 160 Å². The first-order valence-corrected chi connectivity index (χ1v) is 18.6. The van der Waals surface area contributed by atoms with Crippen molar-refractivity contribution in [3.05, 3.63) is 0 Å². The molecule has 0 aromatic carbocycles. The van der Waals surface area contributed by atoms with Gasteiger partial charge in [0.05, 0.1) is 33.0 Å². The molecule has 0 bridgehead atoms. The molecule has 27 nitrogen and oxygen atoms in total. The van der Waals surface area contributed by atoms with E-state index in [0.717, 1.165) is 6.92 Å². The molecule has 5 rings (SSSR count). The summed E-state index contributed by atoms with van der Waals surface area (Å²) in [5.74, 6) is -0.727. The molecule has 5 fully saturated rings. The highest BCUT2D eigenvalue weighted by atomic mass is 16.8. The van der Waals surface area contributed by atoms with E-state index in [0.29, 0.717) is 0 Å². The standard InChI is InChI=1S/C32H55NO26/c1-7(38)33-13-18(43)25(11(5-37)52-28(13)50)57-31-24(49)26(17(42)12(56-31)6-51-29-22(47)19(44)14(39)8(2-34)53-29)58-32-27(21(46)16(41)10(4-36)55-32)59-30-23(48)20(45)15(40)9(3-35)54-30/h8-32,34-37,39-50H,2-6H2,1H3,(H,33,38)/t8?,9-,10-,11?,12?,13?,14+,15+,16+,17+,18+,19-,20?,21?,22?,23?,24?,25+,26-,27?,28?,29+,30+,31-,32+/m0/s1. The molecule has 0 aliphatic carbocycles. The molecule has 0 spiro atoms. The van der Waals surface area contributed by atoms with Gasteiger partial charge in [-0.3, -0.25) is 4.79 Å². The Hall–Kier alpha value is -1.53. The number of rotatable bonds is 14. The quantitative estimate of drug-likeness (QED) is 0.0770. The van der Waals surface area contributed by atoms with Crippen LogP contribution < -0.4 is 5.32 Å². The van der Waals surface area contributed by atoms with E-state index in [-0.39, 0.29) is 0 Å². The smallest absolute Gasteiger partial charge is 0.217 e. The molecule has 27 heteroatoms.